The van der Waals surface area contributed by atoms with Crippen molar-refractivity contribution in [2.75, 3.05) is 5.32 Å². The lowest BCUT2D eigenvalue weighted by atomic mass is 9.86. The van der Waals surface area contributed by atoms with E-state index in [9.17, 15) is 0 Å². The van der Waals surface area contributed by atoms with Crippen LogP contribution in [0.25, 0.3) is 5.65 Å². The van der Waals surface area contributed by atoms with Crippen LogP contribution in [0, 0.1) is 12.8 Å². The normalized spacial score (nSPS) is 24.3. The van der Waals surface area contributed by atoms with Crippen LogP contribution in [0.2, 0.25) is 0 Å². The molecule has 4 heteroatoms. The zero-order valence-corrected chi connectivity index (χ0v) is 11.1. The number of nitrogens with one attached hydrogen (secondary N) is 1. The third-order valence-electron chi connectivity index (χ3n) is 3.97. The van der Waals surface area contributed by atoms with Gasteiger partial charge in [-0.1, -0.05) is 25.8 Å². The third-order valence-corrected chi connectivity index (χ3v) is 3.97. The van der Waals surface area contributed by atoms with Crippen molar-refractivity contribution >= 4 is 11.6 Å². The van der Waals surface area contributed by atoms with Crippen LogP contribution in [0.3, 0.4) is 0 Å². The van der Waals surface area contributed by atoms with Crippen LogP contribution in [-0.2, 0) is 0 Å². The molecule has 0 spiro atoms. The molecule has 0 aliphatic heterocycles. The summed E-state index contributed by atoms with van der Waals surface area (Å²) < 4.78 is 1.90. The van der Waals surface area contributed by atoms with Gasteiger partial charge in [0.2, 0.25) is 5.95 Å². The van der Waals surface area contributed by atoms with Gasteiger partial charge < -0.3 is 5.32 Å². The highest BCUT2D eigenvalue weighted by molar-refractivity contribution is 5.44. The maximum atomic E-state index is 4.54. The molecule has 0 amide bonds. The van der Waals surface area contributed by atoms with Gasteiger partial charge in [0.1, 0.15) is 0 Å². The molecule has 1 fully saturated rings. The van der Waals surface area contributed by atoms with E-state index in [1.54, 1.807) is 0 Å². The summed E-state index contributed by atoms with van der Waals surface area (Å²) in [6.07, 6.45) is 5.21. The van der Waals surface area contributed by atoms with Crippen molar-refractivity contribution < 1.29 is 0 Å². The average Bonchev–Trinajstić information content (AvgIpc) is 2.76. The Morgan fingerprint density at radius 1 is 1.28 bits per heavy atom. The van der Waals surface area contributed by atoms with Crippen LogP contribution >= 0.6 is 0 Å². The highest BCUT2D eigenvalue weighted by Crippen LogP contribution is 2.26. The Balaban J connectivity index is 1.84. The molecule has 0 saturated heterocycles. The molecule has 0 radical (unpaired) electrons. The minimum absolute atomic E-state index is 0.525. The fraction of sp³-hybridized carbons (Fsp3) is 0.571. The standard InChI is InChI=1S/C14H20N4/c1-10-6-3-4-8-12(10)15-14-16-13-9-5-7-11(2)18(13)17-14/h5,7,9-10,12H,3-4,6,8H2,1-2H3,(H,15,17). The van der Waals surface area contributed by atoms with E-state index in [1.165, 1.54) is 25.7 Å². The van der Waals surface area contributed by atoms with E-state index >= 15 is 0 Å². The Hall–Kier alpha value is -1.58. The Morgan fingerprint density at radius 3 is 2.89 bits per heavy atom. The van der Waals surface area contributed by atoms with Crippen LogP contribution in [-0.4, -0.2) is 20.6 Å². The van der Waals surface area contributed by atoms with Crippen molar-refractivity contribution in [3.8, 4) is 0 Å². The molecule has 2 heterocycles. The number of hydrogen-bond donors (Lipinski definition) is 1. The SMILES string of the molecule is Cc1cccc2nc(NC3CCCCC3C)nn12. The highest BCUT2D eigenvalue weighted by atomic mass is 15.4. The van der Waals surface area contributed by atoms with Crippen LogP contribution < -0.4 is 5.32 Å². The lowest BCUT2D eigenvalue weighted by molar-refractivity contribution is 0.348. The summed E-state index contributed by atoms with van der Waals surface area (Å²) in [5, 5.41) is 8.04. The fourth-order valence-electron chi connectivity index (χ4n) is 2.79. The lowest BCUT2D eigenvalue weighted by Crippen LogP contribution is -2.30. The zero-order valence-electron chi connectivity index (χ0n) is 11.1. The predicted molar refractivity (Wildman–Crippen MR) is 72.8 cm³/mol. The maximum Gasteiger partial charge on any atom is 0.243 e. The van der Waals surface area contributed by atoms with Crippen molar-refractivity contribution in [1.29, 1.82) is 0 Å². The first-order chi connectivity index (χ1) is 8.74. The Labute approximate surface area is 107 Å². The fourth-order valence-corrected chi connectivity index (χ4v) is 2.79. The van der Waals surface area contributed by atoms with E-state index < -0.39 is 0 Å². The molecule has 1 aliphatic carbocycles. The molecule has 2 unspecified atom stereocenters. The average molecular weight is 244 g/mol. The number of pyridine rings is 1. The molecule has 96 valence electrons. The molecule has 0 aromatic carbocycles. The summed E-state index contributed by atoms with van der Waals surface area (Å²) in [6, 6.07) is 6.59. The first kappa shape index (κ1) is 11.5. The molecule has 2 aromatic rings. The Morgan fingerprint density at radius 2 is 2.11 bits per heavy atom. The Bertz CT molecular complexity index is 546. The molecular weight excluding hydrogens is 224 g/mol. The van der Waals surface area contributed by atoms with Gasteiger partial charge in [-0.15, -0.1) is 5.10 Å². The number of fused-ring (bicyclic) bond motifs is 1. The predicted octanol–water partition coefficient (Wildman–Crippen LogP) is 3.03. The monoisotopic (exact) mass is 244 g/mol. The summed E-state index contributed by atoms with van der Waals surface area (Å²) >= 11 is 0. The molecule has 1 N–H and O–H groups in total. The van der Waals surface area contributed by atoms with E-state index in [0.29, 0.717) is 12.0 Å². The van der Waals surface area contributed by atoms with Crippen LogP contribution in [0.4, 0.5) is 5.95 Å². The van der Waals surface area contributed by atoms with E-state index in [0.717, 1.165) is 17.3 Å². The number of aromatic nitrogens is 3. The number of rotatable bonds is 2. The number of anilines is 1. The van der Waals surface area contributed by atoms with Gasteiger partial charge in [-0.3, -0.25) is 0 Å². The van der Waals surface area contributed by atoms with Crippen molar-refractivity contribution in [3.63, 3.8) is 0 Å². The number of aryl methyl sites for hydroxylation is 1. The first-order valence-electron chi connectivity index (χ1n) is 6.83. The van der Waals surface area contributed by atoms with Gasteiger partial charge in [-0.2, -0.15) is 4.98 Å². The van der Waals surface area contributed by atoms with Gasteiger partial charge in [0.25, 0.3) is 0 Å². The largest absolute Gasteiger partial charge is 0.350 e. The maximum absolute atomic E-state index is 4.54. The van der Waals surface area contributed by atoms with Crippen molar-refractivity contribution in [2.24, 2.45) is 5.92 Å². The first-order valence-corrected chi connectivity index (χ1v) is 6.83. The van der Waals surface area contributed by atoms with Crippen molar-refractivity contribution in [1.82, 2.24) is 14.6 Å². The van der Waals surface area contributed by atoms with Crippen LogP contribution in [0.1, 0.15) is 38.3 Å². The summed E-state index contributed by atoms with van der Waals surface area (Å²) in [6.45, 7) is 4.37. The second-order valence-corrected chi connectivity index (χ2v) is 5.39. The molecular formula is C14H20N4. The molecule has 18 heavy (non-hydrogen) atoms. The molecule has 4 nitrogen and oxygen atoms in total. The third kappa shape index (κ3) is 2.07. The zero-order chi connectivity index (χ0) is 12.5. The van der Waals surface area contributed by atoms with E-state index in [2.05, 4.69) is 35.3 Å². The summed E-state index contributed by atoms with van der Waals surface area (Å²) in [5.74, 6) is 1.48. The van der Waals surface area contributed by atoms with Gasteiger partial charge in [0.15, 0.2) is 5.65 Å². The van der Waals surface area contributed by atoms with E-state index in [4.69, 9.17) is 0 Å². The van der Waals surface area contributed by atoms with E-state index in [-0.39, 0.29) is 0 Å². The van der Waals surface area contributed by atoms with Crippen molar-refractivity contribution in [3.05, 3.63) is 23.9 Å². The summed E-state index contributed by atoms with van der Waals surface area (Å²) in [7, 11) is 0. The second kappa shape index (κ2) is 4.59. The van der Waals surface area contributed by atoms with Gasteiger partial charge in [0.05, 0.1) is 0 Å². The Kier molecular flexibility index (Phi) is 2.94. The van der Waals surface area contributed by atoms with Gasteiger partial charge in [-0.05, 0) is 37.8 Å². The van der Waals surface area contributed by atoms with Crippen molar-refractivity contribution in [2.45, 2.75) is 45.6 Å². The molecule has 2 atom stereocenters. The lowest BCUT2D eigenvalue weighted by Gasteiger charge is -2.28. The minimum Gasteiger partial charge on any atom is -0.350 e. The molecule has 1 aliphatic rings. The molecule has 1 saturated carbocycles. The van der Waals surface area contributed by atoms with Gasteiger partial charge >= 0.3 is 0 Å². The van der Waals surface area contributed by atoms with E-state index in [1.807, 2.05) is 16.6 Å². The molecule has 2 aromatic heterocycles. The molecule has 3 rings (SSSR count). The quantitative estimate of drug-likeness (QED) is 0.883. The summed E-state index contributed by atoms with van der Waals surface area (Å²) in [4.78, 5) is 4.54. The topological polar surface area (TPSA) is 42.2 Å². The summed E-state index contributed by atoms with van der Waals surface area (Å²) in [5.41, 5.74) is 2.03. The van der Waals surface area contributed by atoms with Crippen LogP contribution in [0.15, 0.2) is 18.2 Å². The van der Waals surface area contributed by atoms with Gasteiger partial charge in [-0.25, -0.2) is 4.52 Å². The highest BCUT2D eigenvalue weighted by Gasteiger charge is 2.22. The second-order valence-electron chi connectivity index (χ2n) is 5.39. The molecule has 0 bridgehead atoms. The van der Waals surface area contributed by atoms with Crippen LogP contribution in [0.5, 0.6) is 0 Å². The number of nitrogens with zero attached hydrogens (tertiary/aromatic N) is 3. The minimum atomic E-state index is 0.525. The van der Waals surface area contributed by atoms with Gasteiger partial charge in [0, 0.05) is 11.7 Å². The number of hydrogen-bond acceptors (Lipinski definition) is 3. The smallest absolute Gasteiger partial charge is 0.243 e.